The van der Waals surface area contributed by atoms with E-state index >= 15 is 0 Å². The molecule has 0 aliphatic carbocycles. The second kappa shape index (κ2) is 11.2. The van der Waals surface area contributed by atoms with Gasteiger partial charge in [0.2, 0.25) is 5.88 Å². The Morgan fingerprint density at radius 3 is 2.54 bits per heavy atom. The van der Waals surface area contributed by atoms with Gasteiger partial charge in [0.05, 0.1) is 23.4 Å². The minimum absolute atomic E-state index is 0.0172. The summed E-state index contributed by atoms with van der Waals surface area (Å²) in [6.07, 6.45) is 0.867. The predicted octanol–water partition coefficient (Wildman–Crippen LogP) is 3.43. The Balaban J connectivity index is 1.64. The summed E-state index contributed by atoms with van der Waals surface area (Å²) in [4.78, 5) is 41.1. The zero-order valence-electron chi connectivity index (χ0n) is 21.8. The van der Waals surface area contributed by atoms with E-state index in [4.69, 9.17) is 16.3 Å². The number of rotatable bonds is 8. The van der Waals surface area contributed by atoms with Crippen LogP contribution in [0, 0.1) is 19.1 Å². The molecule has 0 spiro atoms. The Kier molecular flexibility index (Phi) is 7.52. The zero-order valence-corrected chi connectivity index (χ0v) is 22.6. The molecular weight excluding hydrogens is 562 g/mol. The van der Waals surface area contributed by atoms with E-state index < -0.39 is 29.9 Å². The third-order valence-electron chi connectivity index (χ3n) is 5.84. The van der Waals surface area contributed by atoms with Crippen LogP contribution in [0.4, 0.5) is 14.5 Å². The number of benzene rings is 1. The molecule has 5 rings (SSSR count). The molecular formula is C25H21ClF2N10O3. The van der Waals surface area contributed by atoms with E-state index in [2.05, 4.69) is 40.8 Å². The molecule has 0 saturated heterocycles. The highest BCUT2D eigenvalue weighted by atomic mass is 35.5. The van der Waals surface area contributed by atoms with Gasteiger partial charge < -0.3 is 15.4 Å². The predicted molar refractivity (Wildman–Crippen MR) is 143 cm³/mol. The minimum atomic E-state index is -1.34. The molecule has 0 atom stereocenters. The SMILES string of the molecule is CCCNC(=O)c1c(NC(=O)c2cc(OC)nn2-c2ncccc2Cl)c(C)cc2cn(-c3nc(F)nc(F)n3)nc12. The summed E-state index contributed by atoms with van der Waals surface area (Å²) in [6, 6.07) is 6.26. The highest BCUT2D eigenvalue weighted by Crippen LogP contribution is 2.31. The molecule has 0 bridgehead atoms. The van der Waals surface area contributed by atoms with Crippen molar-refractivity contribution in [2.45, 2.75) is 20.3 Å². The third kappa shape index (κ3) is 5.38. The van der Waals surface area contributed by atoms with E-state index in [1.54, 1.807) is 25.1 Å². The van der Waals surface area contributed by atoms with Crippen LogP contribution in [-0.4, -0.2) is 65.0 Å². The van der Waals surface area contributed by atoms with Crippen molar-refractivity contribution >= 4 is 40.0 Å². The lowest BCUT2D eigenvalue weighted by Crippen LogP contribution is -2.27. The summed E-state index contributed by atoms with van der Waals surface area (Å²) in [7, 11) is 1.39. The molecule has 41 heavy (non-hydrogen) atoms. The lowest BCUT2D eigenvalue weighted by molar-refractivity contribution is 0.0956. The van der Waals surface area contributed by atoms with Crippen LogP contribution in [0.25, 0.3) is 22.7 Å². The van der Waals surface area contributed by atoms with Gasteiger partial charge in [0.15, 0.2) is 5.82 Å². The third-order valence-corrected chi connectivity index (χ3v) is 6.13. The summed E-state index contributed by atoms with van der Waals surface area (Å²) in [5.41, 5.74) is 0.801. The number of methoxy groups -OCH3 is 1. The fraction of sp³-hybridized carbons (Fsp3) is 0.200. The van der Waals surface area contributed by atoms with Crippen LogP contribution in [0.5, 0.6) is 5.88 Å². The van der Waals surface area contributed by atoms with Gasteiger partial charge in [0, 0.05) is 30.4 Å². The fourth-order valence-corrected chi connectivity index (χ4v) is 4.23. The number of aromatic nitrogens is 8. The van der Waals surface area contributed by atoms with Crippen LogP contribution in [0.15, 0.2) is 36.7 Å². The van der Waals surface area contributed by atoms with E-state index in [1.807, 2.05) is 6.92 Å². The van der Waals surface area contributed by atoms with E-state index in [1.165, 1.54) is 30.3 Å². The molecule has 16 heteroatoms. The van der Waals surface area contributed by atoms with Gasteiger partial charge in [-0.1, -0.05) is 18.5 Å². The Morgan fingerprint density at radius 2 is 1.85 bits per heavy atom. The molecule has 4 heterocycles. The maximum Gasteiger partial charge on any atom is 0.315 e. The molecule has 4 aromatic heterocycles. The average molecular weight is 583 g/mol. The molecule has 1 aromatic carbocycles. The maximum atomic E-state index is 13.7. The monoisotopic (exact) mass is 582 g/mol. The molecule has 0 fully saturated rings. The van der Waals surface area contributed by atoms with Gasteiger partial charge in [-0.3, -0.25) is 9.59 Å². The van der Waals surface area contributed by atoms with Gasteiger partial charge in [0.1, 0.15) is 11.2 Å². The standard InChI is InChI=1S/C25H21ClF2N10O3/c1-4-7-30-22(40)17-18(12(2)9-13-11-37(36-19(13)17)25-33-23(27)32-24(28)34-25)31-21(39)15-10-16(41-3)35-38(15)20-14(26)6-5-8-29-20/h5-6,8-11H,4,7H2,1-3H3,(H,30,40)(H,31,39). The average Bonchev–Trinajstić information content (AvgIpc) is 3.56. The number of carbonyl (C=O) groups excluding carboxylic acids is 2. The lowest BCUT2D eigenvalue weighted by atomic mass is 10.0. The Labute approximate surface area is 235 Å². The molecule has 210 valence electrons. The van der Waals surface area contributed by atoms with Crippen molar-refractivity contribution in [2.75, 3.05) is 19.0 Å². The molecule has 0 saturated carbocycles. The molecule has 2 N–H and O–H groups in total. The molecule has 0 aliphatic rings. The largest absolute Gasteiger partial charge is 0.480 e. The van der Waals surface area contributed by atoms with Crippen molar-refractivity contribution in [3.8, 4) is 17.6 Å². The van der Waals surface area contributed by atoms with Crippen LogP contribution in [0.3, 0.4) is 0 Å². The van der Waals surface area contributed by atoms with Gasteiger partial charge in [-0.25, -0.2) is 14.3 Å². The van der Waals surface area contributed by atoms with Crippen molar-refractivity contribution in [3.05, 3.63) is 70.7 Å². The van der Waals surface area contributed by atoms with Gasteiger partial charge in [-0.2, -0.15) is 28.8 Å². The lowest BCUT2D eigenvalue weighted by Gasteiger charge is -2.15. The second-order valence-corrected chi connectivity index (χ2v) is 9.04. The van der Waals surface area contributed by atoms with Crippen LogP contribution in [0.1, 0.15) is 39.8 Å². The number of carbonyl (C=O) groups is 2. The summed E-state index contributed by atoms with van der Waals surface area (Å²) in [5, 5.41) is 14.8. The maximum absolute atomic E-state index is 13.7. The number of nitrogens with one attached hydrogen (secondary N) is 2. The first-order valence-corrected chi connectivity index (χ1v) is 12.5. The number of nitrogens with zero attached hydrogens (tertiary/aromatic N) is 8. The topological polar surface area (TPSA) is 155 Å². The van der Waals surface area contributed by atoms with Gasteiger partial charge in [-0.15, -0.1) is 5.10 Å². The highest BCUT2D eigenvalue weighted by molar-refractivity contribution is 6.32. The van der Waals surface area contributed by atoms with E-state index in [-0.39, 0.29) is 39.2 Å². The van der Waals surface area contributed by atoms with Crippen molar-refractivity contribution in [2.24, 2.45) is 0 Å². The number of pyridine rings is 1. The summed E-state index contributed by atoms with van der Waals surface area (Å²) in [6.45, 7) is 3.90. The number of fused-ring (bicyclic) bond motifs is 1. The number of anilines is 1. The van der Waals surface area contributed by atoms with E-state index in [0.29, 0.717) is 23.9 Å². The van der Waals surface area contributed by atoms with Crippen molar-refractivity contribution < 1.29 is 23.1 Å². The first kappa shape index (κ1) is 27.5. The number of hydrogen-bond acceptors (Lipinski definition) is 9. The number of aryl methyl sites for hydroxylation is 1. The quantitative estimate of drug-likeness (QED) is 0.280. The van der Waals surface area contributed by atoms with Gasteiger partial charge >= 0.3 is 12.2 Å². The minimum Gasteiger partial charge on any atom is -0.480 e. The Hall–Kier alpha value is -5.05. The number of ether oxygens (including phenoxy) is 1. The normalized spacial score (nSPS) is 11.1. The summed E-state index contributed by atoms with van der Waals surface area (Å²) < 4.78 is 34.8. The molecule has 0 radical (unpaired) electrons. The Morgan fingerprint density at radius 1 is 1.10 bits per heavy atom. The first-order chi connectivity index (χ1) is 19.7. The summed E-state index contributed by atoms with van der Waals surface area (Å²) >= 11 is 6.31. The zero-order chi connectivity index (χ0) is 29.3. The van der Waals surface area contributed by atoms with Crippen LogP contribution in [-0.2, 0) is 0 Å². The molecule has 0 aliphatic heterocycles. The number of amides is 2. The first-order valence-electron chi connectivity index (χ1n) is 12.1. The van der Waals surface area contributed by atoms with Gasteiger partial charge in [0.25, 0.3) is 17.8 Å². The van der Waals surface area contributed by atoms with Crippen molar-refractivity contribution in [3.63, 3.8) is 0 Å². The van der Waals surface area contributed by atoms with Crippen molar-refractivity contribution in [1.29, 1.82) is 0 Å². The smallest absolute Gasteiger partial charge is 0.315 e. The van der Waals surface area contributed by atoms with Gasteiger partial charge in [-0.05, 0) is 37.1 Å². The highest BCUT2D eigenvalue weighted by Gasteiger charge is 2.26. The second-order valence-electron chi connectivity index (χ2n) is 8.63. The molecule has 13 nitrogen and oxygen atoms in total. The Bertz CT molecular complexity index is 1790. The van der Waals surface area contributed by atoms with Crippen LogP contribution in [0.2, 0.25) is 5.02 Å². The van der Waals surface area contributed by atoms with Crippen LogP contribution < -0.4 is 15.4 Å². The van der Waals surface area contributed by atoms with Crippen LogP contribution >= 0.6 is 11.6 Å². The van der Waals surface area contributed by atoms with Crippen molar-refractivity contribution in [1.82, 2.24) is 44.8 Å². The molecule has 5 aromatic rings. The number of halogens is 3. The molecule has 0 unspecified atom stereocenters. The number of hydrogen-bond donors (Lipinski definition) is 2. The van der Waals surface area contributed by atoms with E-state index in [9.17, 15) is 18.4 Å². The summed E-state index contributed by atoms with van der Waals surface area (Å²) in [5.74, 6) is -1.31. The fourth-order valence-electron chi connectivity index (χ4n) is 4.03. The molecule has 2 amide bonds. The van der Waals surface area contributed by atoms with E-state index in [0.717, 1.165) is 4.68 Å².